The Morgan fingerprint density at radius 1 is 1.43 bits per heavy atom. The van der Waals surface area contributed by atoms with Crippen molar-refractivity contribution in [2.45, 2.75) is 38.6 Å². The van der Waals surface area contributed by atoms with Gasteiger partial charge in [-0.05, 0) is 24.1 Å². The van der Waals surface area contributed by atoms with Crippen LogP contribution in [-0.4, -0.2) is 28.0 Å². The highest BCUT2D eigenvalue weighted by atomic mass is 32.1. The molecule has 0 radical (unpaired) electrons. The third-order valence-electron chi connectivity index (χ3n) is 3.02. The summed E-state index contributed by atoms with van der Waals surface area (Å²) in [6.07, 6.45) is 2.46. The Kier molecular flexibility index (Phi) is 6.81. The van der Waals surface area contributed by atoms with Gasteiger partial charge in [-0.15, -0.1) is 0 Å². The van der Waals surface area contributed by atoms with Crippen LogP contribution in [0.1, 0.15) is 42.1 Å². The molecule has 0 bridgehead atoms. The van der Waals surface area contributed by atoms with Gasteiger partial charge in [0.2, 0.25) is 0 Å². The zero-order valence-electron chi connectivity index (χ0n) is 12.0. The lowest BCUT2D eigenvalue weighted by Crippen LogP contribution is -2.40. The molecule has 5 nitrogen and oxygen atoms in total. The first-order chi connectivity index (χ1) is 9.93. The lowest BCUT2D eigenvalue weighted by molar-refractivity contribution is -0.139. The second-order valence-corrected chi connectivity index (χ2v) is 5.37. The second-order valence-electron chi connectivity index (χ2n) is 4.85. The van der Waals surface area contributed by atoms with E-state index in [1.165, 1.54) is 0 Å². The fourth-order valence-corrected chi connectivity index (χ4v) is 2.10. The van der Waals surface area contributed by atoms with E-state index in [1.54, 1.807) is 18.2 Å². The number of carboxylic acid groups (broad SMARTS) is 1. The molecule has 0 aliphatic rings. The van der Waals surface area contributed by atoms with Gasteiger partial charge in [-0.1, -0.05) is 44.1 Å². The largest absolute Gasteiger partial charge is 0.480 e. The van der Waals surface area contributed by atoms with Gasteiger partial charge in [-0.3, -0.25) is 4.79 Å². The standard InChI is InChI=1S/C15H20N2O3S/c1-2-3-7-12(15(19)20)17-14(18)11-6-4-5-10(8-11)9-13(16)21/h4-6,8,12H,2-3,7,9H2,1H3,(H2,16,21)(H,17,18)(H,19,20). The maximum atomic E-state index is 12.1. The molecule has 0 heterocycles. The van der Waals surface area contributed by atoms with Gasteiger partial charge in [0.25, 0.3) is 5.91 Å². The Morgan fingerprint density at radius 3 is 2.71 bits per heavy atom. The number of carboxylic acids is 1. The molecule has 6 heteroatoms. The molecule has 0 fully saturated rings. The van der Waals surface area contributed by atoms with Crippen LogP contribution in [0.2, 0.25) is 0 Å². The maximum Gasteiger partial charge on any atom is 0.326 e. The third-order valence-corrected chi connectivity index (χ3v) is 3.16. The maximum absolute atomic E-state index is 12.1. The number of aliphatic carboxylic acids is 1. The first kappa shape index (κ1) is 17.1. The molecule has 1 aromatic rings. The summed E-state index contributed by atoms with van der Waals surface area (Å²) < 4.78 is 0. The van der Waals surface area contributed by atoms with E-state index < -0.39 is 17.9 Å². The number of hydrogen-bond donors (Lipinski definition) is 3. The second kappa shape index (κ2) is 8.36. The zero-order chi connectivity index (χ0) is 15.8. The van der Waals surface area contributed by atoms with Crippen LogP contribution in [0, 0.1) is 0 Å². The van der Waals surface area contributed by atoms with Crippen molar-refractivity contribution < 1.29 is 14.7 Å². The fraction of sp³-hybridized carbons (Fsp3) is 0.400. The highest BCUT2D eigenvalue weighted by molar-refractivity contribution is 7.80. The first-order valence-electron chi connectivity index (χ1n) is 6.85. The minimum atomic E-state index is -1.02. The van der Waals surface area contributed by atoms with Crippen molar-refractivity contribution in [2.24, 2.45) is 5.73 Å². The molecule has 0 saturated heterocycles. The van der Waals surface area contributed by atoms with E-state index in [-0.39, 0.29) is 0 Å². The summed E-state index contributed by atoms with van der Waals surface area (Å²) in [4.78, 5) is 23.6. The molecule has 0 aliphatic heterocycles. The van der Waals surface area contributed by atoms with Crippen LogP contribution < -0.4 is 11.1 Å². The van der Waals surface area contributed by atoms with Crippen LogP contribution in [0.3, 0.4) is 0 Å². The van der Waals surface area contributed by atoms with Crippen LogP contribution in [0.15, 0.2) is 24.3 Å². The summed E-state index contributed by atoms with van der Waals surface area (Å²) in [5.41, 5.74) is 6.72. The summed E-state index contributed by atoms with van der Waals surface area (Å²) in [6, 6.07) is 5.99. The van der Waals surface area contributed by atoms with Crippen LogP contribution in [-0.2, 0) is 11.2 Å². The molecular formula is C15H20N2O3S. The lowest BCUT2D eigenvalue weighted by atomic mass is 10.1. The van der Waals surface area contributed by atoms with Crippen molar-refractivity contribution in [3.63, 3.8) is 0 Å². The first-order valence-corrected chi connectivity index (χ1v) is 7.25. The van der Waals surface area contributed by atoms with E-state index in [0.717, 1.165) is 18.4 Å². The number of carbonyl (C=O) groups is 2. The summed E-state index contributed by atoms with van der Waals surface area (Å²) in [6.45, 7) is 1.97. The van der Waals surface area contributed by atoms with Gasteiger partial charge in [0.05, 0.1) is 4.99 Å². The van der Waals surface area contributed by atoms with E-state index >= 15 is 0 Å². The van der Waals surface area contributed by atoms with Gasteiger partial charge in [-0.2, -0.15) is 0 Å². The normalized spacial score (nSPS) is 11.7. The van der Waals surface area contributed by atoms with E-state index in [0.29, 0.717) is 23.4 Å². The van der Waals surface area contributed by atoms with Crippen molar-refractivity contribution in [3.05, 3.63) is 35.4 Å². The average molecular weight is 308 g/mol. The molecule has 1 atom stereocenters. The minimum Gasteiger partial charge on any atom is -0.480 e. The van der Waals surface area contributed by atoms with Crippen molar-refractivity contribution in [1.29, 1.82) is 0 Å². The van der Waals surface area contributed by atoms with E-state index in [9.17, 15) is 9.59 Å². The Hall–Kier alpha value is -1.95. The zero-order valence-corrected chi connectivity index (χ0v) is 12.8. The van der Waals surface area contributed by atoms with Crippen molar-refractivity contribution in [2.75, 3.05) is 0 Å². The van der Waals surface area contributed by atoms with Crippen molar-refractivity contribution in [3.8, 4) is 0 Å². The summed E-state index contributed by atoms with van der Waals surface area (Å²) in [5.74, 6) is -1.42. The van der Waals surface area contributed by atoms with Gasteiger partial charge in [0.1, 0.15) is 6.04 Å². The molecule has 0 saturated carbocycles. The molecule has 1 unspecified atom stereocenters. The Bertz CT molecular complexity index is 531. The van der Waals surface area contributed by atoms with Gasteiger partial charge >= 0.3 is 5.97 Å². The number of amides is 1. The van der Waals surface area contributed by atoms with Crippen LogP contribution in [0.25, 0.3) is 0 Å². The van der Waals surface area contributed by atoms with Crippen molar-refractivity contribution >= 4 is 29.1 Å². The predicted molar refractivity (Wildman–Crippen MR) is 85.3 cm³/mol. The molecule has 1 aromatic carbocycles. The molecule has 4 N–H and O–H groups in total. The van der Waals surface area contributed by atoms with Crippen LogP contribution in [0.5, 0.6) is 0 Å². The third kappa shape index (κ3) is 5.91. The summed E-state index contributed by atoms with van der Waals surface area (Å²) in [5, 5.41) is 11.7. The SMILES string of the molecule is CCCCC(NC(=O)c1cccc(CC(N)=S)c1)C(=O)O. The summed E-state index contributed by atoms with van der Waals surface area (Å²) >= 11 is 4.84. The topological polar surface area (TPSA) is 92.4 Å². The Balaban J connectivity index is 2.77. The number of rotatable bonds is 8. The van der Waals surface area contributed by atoms with Gasteiger partial charge in [0.15, 0.2) is 0 Å². The molecule has 21 heavy (non-hydrogen) atoms. The quantitative estimate of drug-likeness (QED) is 0.638. The number of nitrogens with two attached hydrogens (primary N) is 1. The van der Waals surface area contributed by atoms with Gasteiger partial charge in [0, 0.05) is 12.0 Å². The van der Waals surface area contributed by atoms with Crippen LogP contribution in [0.4, 0.5) is 0 Å². The molecule has 0 spiro atoms. The number of thiocarbonyl (C=S) groups is 1. The highest BCUT2D eigenvalue weighted by Crippen LogP contribution is 2.08. The number of hydrogen-bond acceptors (Lipinski definition) is 3. The number of benzene rings is 1. The number of nitrogens with one attached hydrogen (secondary N) is 1. The number of carbonyl (C=O) groups excluding carboxylic acids is 1. The molecular weight excluding hydrogens is 288 g/mol. The highest BCUT2D eigenvalue weighted by Gasteiger charge is 2.20. The monoisotopic (exact) mass is 308 g/mol. The summed E-state index contributed by atoms with van der Waals surface area (Å²) in [7, 11) is 0. The Morgan fingerprint density at radius 2 is 2.14 bits per heavy atom. The molecule has 0 aromatic heterocycles. The molecule has 1 amide bonds. The molecule has 0 aliphatic carbocycles. The van der Waals surface area contributed by atoms with Crippen molar-refractivity contribution in [1.82, 2.24) is 5.32 Å². The van der Waals surface area contributed by atoms with Crippen LogP contribution >= 0.6 is 12.2 Å². The molecule has 1 rings (SSSR count). The fourth-order valence-electron chi connectivity index (χ4n) is 1.93. The molecule has 114 valence electrons. The smallest absolute Gasteiger partial charge is 0.326 e. The van der Waals surface area contributed by atoms with E-state index in [1.807, 2.05) is 13.0 Å². The lowest BCUT2D eigenvalue weighted by Gasteiger charge is -2.14. The number of unbranched alkanes of at least 4 members (excludes halogenated alkanes) is 1. The Labute approximate surface area is 129 Å². The van der Waals surface area contributed by atoms with E-state index in [2.05, 4.69) is 5.32 Å². The average Bonchev–Trinajstić information content (AvgIpc) is 2.42. The minimum absolute atomic E-state index is 0.346. The van der Waals surface area contributed by atoms with Gasteiger partial charge < -0.3 is 16.2 Å². The van der Waals surface area contributed by atoms with Gasteiger partial charge in [-0.25, -0.2) is 4.79 Å². The van der Waals surface area contributed by atoms with E-state index in [4.69, 9.17) is 23.1 Å². The predicted octanol–water partition coefficient (Wildman–Crippen LogP) is 1.89.